The van der Waals surface area contributed by atoms with Crippen molar-refractivity contribution < 1.29 is 44.1 Å². The van der Waals surface area contributed by atoms with Gasteiger partial charge in [0.15, 0.2) is 5.96 Å². The quantitative estimate of drug-likeness (QED) is 0.0495. The summed E-state index contributed by atoms with van der Waals surface area (Å²) in [5.41, 5.74) is 16.1. The van der Waals surface area contributed by atoms with Crippen molar-refractivity contribution in [3.8, 4) is 0 Å². The highest BCUT2D eigenvalue weighted by molar-refractivity contribution is 5.94. The molecule has 4 atom stereocenters. The molecule has 0 radical (unpaired) electrons. The van der Waals surface area contributed by atoms with E-state index in [1.165, 1.54) is 0 Å². The van der Waals surface area contributed by atoms with Gasteiger partial charge in [-0.2, -0.15) is 0 Å². The van der Waals surface area contributed by atoms with Crippen molar-refractivity contribution in [2.24, 2.45) is 28.1 Å². The van der Waals surface area contributed by atoms with Crippen molar-refractivity contribution in [1.29, 1.82) is 0 Å². The average Bonchev–Trinajstić information content (AvgIpc) is 2.79. The monoisotopic (exact) mass is 531 g/mol. The molecule has 16 nitrogen and oxygen atoms in total. The van der Waals surface area contributed by atoms with Gasteiger partial charge in [-0.1, -0.05) is 13.8 Å². The number of rotatable bonds is 18. The number of carboxylic acid groups (broad SMARTS) is 3. The van der Waals surface area contributed by atoms with Crippen LogP contribution in [0.3, 0.4) is 0 Å². The van der Waals surface area contributed by atoms with Gasteiger partial charge >= 0.3 is 17.9 Å². The van der Waals surface area contributed by atoms with Gasteiger partial charge < -0.3 is 48.5 Å². The van der Waals surface area contributed by atoms with E-state index in [0.717, 1.165) is 0 Å². The van der Waals surface area contributed by atoms with Crippen molar-refractivity contribution in [3.05, 3.63) is 0 Å². The number of guanidine groups is 1. The number of amides is 3. The van der Waals surface area contributed by atoms with Gasteiger partial charge in [0.1, 0.15) is 18.1 Å². The number of nitrogens with one attached hydrogen (secondary N) is 3. The lowest BCUT2D eigenvalue weighted by Gasteiger charge is -2.27. The minimum Gasteiger partial charge on any atom is -0.481 e. The molecule has 0 spiro atoms. The van der Waals surface area contributed by atoms with E-state index in [9.17, 15) is 33.9 Å². The molecular weight excluding hydrogens is 494 g/mol. The zero-order valence-electron chi connectivity index (χ0n) is 20.8. The number of nitrogens with zero attached hydrogens (tertiary/aromatic N) is 1. The molecule has 0 rings (SSSR count). The van der Waals surface area contributed by atoms with Crippen LogP contribution in [-0.4, -0.2) is 87.6 Å². The van der Waals surface area contributed by atoms with Gasteiger partial charge in [0, 0.05) is 19.4 Å². The molecule has 0 saturated heterocycles. The van der Waals surface area contributed by atoms with E-state index in [2.05, 4.69) is 20.9 Å². The smallest absolute Gasteiger partial charge is 0.326 e. The average molecular weight is 532 g/mol. The van der Waals surface area contributed by atoms with Crippen LogP contribution in [0, 0.1) is 5.92 Å². The summed E-state index contributed by atoms with van der Waals surface area (Å²) in [6.45, 7) is 3.32. The molecule has 4 unspecified atom stereocenters. The Kier molecular flexibility index (Phi) is 14.9. The molecular formula is C21H37N7O9. The number of hydrogen-bond acceptors (Lipinski definition) is 8. The highest BCUT2D eigenvalue weighted by Gasteiger charge is 2.32. The van der Waals surface area contributed by atoms with E-state index in [4.69, 9.17) is 27.4 Å². The molecule has 12 N–H and O–H groups in total. The summed E-state index contributed by atoms with van der Waals surface area (Å²) in [6, 6.07) is -5.19. The normalized spacial score (nSPS) is 13.9. The Morgan fingerprint density at radius 3 is 1.78 bits per heavy atom. The predicted octanol–water partition coefficient (Wildman–Crippen LogP) is -2.71. The van der Waals surface area contributed by atoms with Crippen molar-refractivity contribution in [1.82, 2.24) is 16.0 Å². The maximum atomic E-state index is 12.9. The first-order valence-electron chi connectivity index (χ1n) is 11.5. The molecule has 37 heavy (non-hydrogen) atoms. The third kappa shape index (κ3) is 14.3. The first kappa shape index (κ1) is 33.0. The van der Waals surface area contributed by atoms with Crippen LogP contribution in [0.25, 0.3) is 0 Å². The van der Waals surface area contributed by atoms with Crippen LogP contribution >= 0.6 is 0 Å². The third-order valence-corrected chi connectivity index (χ3v) is 5.09. The number of aliphatic carboxylic acids is 3. The fourth-order valence-corrected chi connectivity index (χ4v) is 3.04. The Labute approximate surface area is 213 Å². The van der Waals surface area contributed by atoms with Crippen LogP contribution in [0.2, 0.25) is 0 Å². The van der Waals surface area contributed by atoms with Crippen molar-refractivity contribution >= 4 is 41.6 Å². The molecule has 0 bridgehead atoms. The third-order valence-electron chi connectivity index (χ3n) is 5.09. The molecule has 0 aliphatic heterocycles. The number of carbonyl (C=O) groups excluding carboxylic acids is 3. The lowest BCUT2D eigenvalue weighted by atomic mass is 10.0. The van der Waals surface area contributed by atoms with Crippen molar-refractivity contribution in [2.45, 2.75) is 76.5 Å². The van der Waals surface area contributed by atoms with E-state index < -0.39 is 78.6 Å². The highest BCUT2D eigenvalue weighted by Crippen LogP contribution is 2.08. The van der Waals surface area contributed by atoms with Gasteiger partial charge in [0.05, 0.1) is 6.04 Å². The maximum absolute atomic E-state index is 12.9. The summed E-state index contributed by atoms with van der Waals surface area (Å²) in [5, 5.41) is 34.2. The Bertz CT molecular complexity index is 859. The number of aliphatic imine (C=N–C) groups is 1. The fraction of sp³-hybridized carbons (Fsp3) is 0.667. The molecule has 16 heteroatoms. The van der Waals surface area contributed by atoms with Crippen LogP contribution in [0.5, 0.6) is 0 Å². The van der Waals surface area contributed by atoms with Crippen LogP contribution in [0.4, 0.5) is 0 Å². The van der Waals surface area contributed by atoms with E-state index in [0.29, 0.717) is 0 Å². The minimum absolute atomic E-state index is 0.00212. The molecule has 210 valence electrons. The SMILES string of the molecule is CC(C)C(NC(=O)C(CCC(=O)O)NC(=O)C(N)CCC(=O)O)C(=O)NC(CCCN=C(N)N)C(=O)O. The fourth-order valence-electron chi connectivity index (χ4n) is 3.04. The second-order valence-corrected chi connectivity index (χ2v) is 8.61. The van der Waals surface area contributed by atoms with E-state index in [1.54, 1.807) is 13.8 Å². The Balaban J connectivity index is 5.43. The van der Waals surface area contributed by atoms with Crippen molar-refractivity contribution in [2.75, 3.05) is 6.54 Å². The maximum Gasteiger partial charge on any atom is 0.326 e. The second-order valence-electron chi connectivity index (χ2n) is 8.61. The molecule has 0 aromatic carbocycles. The molecule has 0 heterocycles. The zero-order valence-corrected chi connectivity index (χ0v) is 20.8. The number of hydrogen-bond donors (Lipinski definition) is 9. The Morgan fingerprint density at radius 2 is 1.30 bits per heavy atom. The molecule has 0 aliphatic carbocycles. The van der Waals surface area contributed by atoms with E-state index in [1.807, 2.05) is 0 Å². The Morgan fingerprint density at radius 1 is 0.757 bits per heavy atom. The molecule has 0 aliphatic rings. The summed E-state index contributed by atoms with van der Waals surface area (Å²) in [4.78, 5) is 75.1. The van der Waals surface area contributed by atoms with Crippen LogP contribution in [-0.2, 0) is 28.8 Å². The standard InChI is InChI=1S/C21H37N7O9/c1-10(2)16(19(35)27-13(20(36)37)4-3-9-25-21(23)24)28-18(34)12(6-8-15(31)32)26-17(33)11(22)5-7-14(29)30/h10-13,16H,3-9,22H2,1-2H3,(H,26,33)(H,27,35)(H,28,34)(H,29,30)(H,31,32)(H,36,37)(H4,23,24,25). The summed E-state index contributed by atoms with van der Waals surface area (Å²) in [5.74, 6) is -6.99. The Hall–Kier alpha value is -3.95. The summed E-state index contributed by atoms with van der Waals surface area (Å²) >= 11 is 0. The molecule has 0 fully saturated rings. The minimum atomic E-state index is -1.40. The van der Waals surface area contributed by atoms with Crippen LogP contribution in [0.15, 0.2) is 4.99 Å². The van der Waals surface area contributed by atoms with Crippen molar-refractivity contribution in [3.63, 3.8) is 0 Å². The summed E-state index contributed by atoms with van der Waals surface area (Å²) < 4.78 is 0. The topological polar surface area (TPSA) is 290 Å². The summed E-state index contributed by atoms with van der Waals surface area (Å²) in [7, 11) is 0. The molecule has 0 aromatic rings. The van der Waals surface area contributed by atoms with Crippen LogP contribution < -0.4 is 33.2 Å². The van der Waals surface area contributed by atoms with E-state index >= 15 is 0 Å². The number of nitrogens with two attached hydrogens (primary N) is 3. The second kappa shape index (κ2) is 16.7. The van der Waals surface area contributed by atoms with Gasteiger partial charge in [0.2, 0.25) is 17.7 Å². The van der Waals surface area contributed by atoms with Gasteiger partial charge in [0.25, 0.3) is 0 Å². The van der Waals surface area contributed by atoms with E-state index in [-0.39, 0.29) is 38.2 Å². The molecule has 0 saturated carbocycles. The van der Waals surface area contributed by atoms with Gasteiger partial charge in [-0.3, -0.25) is 29.0 Å². The zero-order chi connectivity index (χ0) is 28.7. The first-order chi connectivity index (χ1) is 17.1. The number of carboxylic acids is 3. The van der Waals surface area contributed by atoms with Gasteiger partial charge in [-0.05, 0) is 31.6 Å². The number of carbonyl (C=O) groups is 6. The highest BCUT2D eigenvalue weighted by atomic mass is 16.4. The summed E-state index contributed by atoms with van der Waals surface area (Å²) in [6.07, 6.45) is -1.20. The largest absolute Gasteiger partial charge is 0.481 e. The van der Waals surface area contributed by atoms with Crippen LogP contribution in [0.1, 0.15) is 52.4 Å². The lowest BCUT2D eigenvalue weighted by molar-refractivity contribution is -0.143. The molecule has 3 amide bonds. The molecule has 0 aromatic heterocycles. The lowest BCUT2D eigenvalue weighted by Crippen LogP contribution is -2.58. The first-order valence-corrected chi connectivity index (χ1v) is 11.5. The predicted molar refractivity (Wildman–Crippen MR) is 130 cm³/mol. The van der Waals surface area contributed by atoms with Gasteiger partial charge in [-0.15, -0.1) is 0 Å². The van der Waals surface area contributed by atoms with Gasteiger partial charge in [-0.25, -0.2) is 4.79 Å².